The van der Waals surface area contributed by atoms with Crippen LogP contribution in [0.3, 0.4) is 0 Å². The molecule has 0 spiro atoms. The smallest absolute Gasteiger partial charge is 0.337 e. The van der Waals surface area contributed by atoms with E-state index in [0.717, 1.165) is 0 Å². The van der Waals surface area contributed by atoms with E-state index in [0.29, 0.717) is 43.2 Å². The maximum absolute atomic E-state index is 12.5. The maximum Gasteiger partial charge on any atom is 0.337 e. The Hall–Kier alpha value is -3.49. The molecule has 1 aliphatic heterocycles. The van der Waals surface area contributed by atoms with Crippen molar-refractivity contribution in [2.24, 2.45) is 0 Å². The van der Waals surface area contributed by atoms with Crippen molar-refractivity contribution in [1.82, 2.24) is 14.9 Å². The first-order valence-corrected chi connectivity index (χ1v) is 8.80. The van der Waals surface area contributed by atoms with Gasteiger partial charge in [-0.3, -0.25) is 9.59 Å². The molecule has 0 unspecified atom stereocenters. The van der Waals surface area contributed by atoms with Crippen LogP contribution in [-0.4, -0.2) is 65.9 Å². The second-order valence-electron chi connectivity index (χ2n) is 6.28. The molecule has 28 heavy (non-hydrogen) atoms. The minimum Gasteiger partial charge on any atom is -0.465 e. The van der Waals surface area contributed by atoms with E-state index in [1.165, 1.54) is 13.4 Å². The number of nitrogens with zero attached hydrogens (tertiary/aromatic N) is 4. The summed E-state index contributed by atoms with van der Waals surface area (Å²) in [4.78, 5) is 47.5. The average Bonchev–Trinajstić information content (AvgIpc) is 2.74. The maximum atomic E-state index is 12.5. The number of nitrogens with one attached hydrogen (secondary N) is 1. The number of benzene rings is 1. The lowest BCUT2D eigenvalue weighted by Crippen LogP contribution is -2.48. The molecule has 146 valence electrons. The topological polar surface area (TPSA) is 105 Å². The number of piperazine rings is 1. The summed E-state index contributed by atoms with van der Waals surface area (Å²) in [7, 11) is 1.31. The lowest BCUT2D eigenvalue weighted by molar-refractivity contribution is -0.129. The molecule has 1 N–H and O–H groups in total. The molecule has 0 atom stereocenters. The van der Waals surface area contributed by atoms with Crippen LogP contribution in [0.25, 0.3) is 0 Å². The molecule has 2 heterocycles. The van der Waals surface area contributed by atoms with Crippen LogP contribution in [0.1, 0.15) is 27.8 Å². The fourth-order valence-corrected chi connectivity index (χ4v) is 2.90. The van der Waals surface area contributed by atoms with E-state index in [2.05, 4.69) is 20.0 Å². The van der Waals surface area contributed by atoms with Gasteiger partial charge in [0.05, 0.1) is 12.7 Å². The van der Waals surface area contributed by atoms with E-state index in [4.69, 9.17) is 0 Å². The Morgan fingerprint density at radius 1 is 1.04 bits per heavy atom. The number of anilines is 2. The molecular formula is C19H21N5O4. The third-order valence-corrected chi connectivity index (χ3v) is 4.50. The molecule has 1 aromatic heterocycles. The van der Waals surface area contributed by atoms with Crippen molar-refractivity contribution in [3.8, 4) is 0 Å². The summed E-state index contributed by atoms with van der Waals surface area (Å²) in [5, 5.41) is 2.74. The average molecular weight is 383 g/mol. The van der Waals surface area contributed by atoms with Gasteiger partial charge in [0, 0.05) is 44.9 Å². The van der Waals surface area contributed by atoms with Gasteiger partial charge in [-0.05, 0) is 24.3 Å². The Kier molecular flexibility index (Phi) is 5.83. The van der Waals surface area contributed by atoms with Crippen LogP contribution in [0, 0.1) is 0 Å². The van der Waals surface area contributed by atoms with Crippen molar-refractivity contribution < 1.29 is 19.1 Å². The van der Waals surface area contributed by atoms with Crippen molar-refractivity contribution >= 4 is 29.3 Å². The molecule has 0 radical (unpaired) electrons. The molecular weight excluding hydrogens is 362 g/mol. The summed E-state index contributed by atoms with van der Waals surface area (Å²) < 4.78 is 4.65. The number of rotatable bonds is 4. The van der Waals surface area contributed by atoms with Gasteiger partial charge in [0.25, 0.3) is 5.91 Å². The fraction of sp³-hybridized carbons (Fsp3) is 0.316. The van der Waals surface area contributed by atoms with Gasteiger partial charge in [-0.25, -0.2) is 14.8 Å². The fourth-order valence-electron chi connectivity index (χ4n) is 2.90. The summed E-state index contributed by atoms with van der Waals surface area (Å²) >= 11 is 0. The highest BCUT2D eigenvalue weighted by molar-refractivity contribution is 6.03. The van der Waals surface area contributed by atoms with Crippen molar-refractivity contribution in [3.63, 3.8) is 0 Å². The number of methoxy groups -OCH3 is 1. The Balaban J connectivity index is 1.66. The Morgan fingerprint density at radius 3 is 2.32 bits per heavy atom. The summed E-state index contributed by atoms with van der Waals surface area (Å²) in [6.07, 6.45) is 1.35. The van der Waals surface area contributed by atoms with Gasteiger partial charge >= 0.3 is 5.97 Å². The molecule has 0 aliphatic carbocycles. The molecule has 1 fully saturated rings. The molecule has 9 heteroatoms. The van der Waals surface area contributed by atoms with E-state index in [1.807, 2.05) is 4.90 Å². The molecule has 1 aromatic carbocycles. The zero-order valence-corrected chi connectivity index (χ0v) is 15.7. The van der Waals surface area contributed by atoms with Crippen molar-refractivity contribution in [2.45, 2.75) is 6.92 Å². The van der Waals surface area contributed by atoms with E-state index in [-0.39, 0.29) is 17.5 Å². The monoisotopic (exact) mass is 383 g/mol. The normalized spacial score (nSPS) is 13.8. The number of aromatic nitrogens is 2. The zero-order valence-electron chi connectivity index (χ0n) is 15.7. The molecule has 1 saturated heterocycles. The molecule has 2 aromatic rings. The predicted molar refractivity (Wildman–Crippen MR) is 102 cm³/mol. The van der Waals surface area contributed by atoms with Crippen molar-refractivity contribution in [2.75, 3.05) is 43.5 Å². The third-order valence-electron chi connectivity index (χ3n) is 4.50. The molecule has 0 bridgehead atoms. The number of carbonyl (C=O) groups is 3. The van der Waals surface area contributed by atoms with Gasteiger partial charge in [-0.15, -0.1) is 0 Å². The molecule has 2 amide bonds. The number of amides is 2. The zero-order chi connectivity index (χ0) is 20.1. The highest BCUT2D eigenvalue weighted by Crippen LogP contribution is 2.16. The van der Waals surface area contributed by atoms with Crippen LogP contribution in [0.15, 0.2) is 36.7 Å². The van der Waals surface area contributed by atoms with Crippen molar-refractivity contribution in [3.05, 3.63) is 47.9 Å². The van der Waals surface area contributed by atoms with Crippen LogP contribution in [0.5, 0.6) is 0 Å². The lowest BCUT2D eigenvalue weighted by atomic mass is 10.2. The molecule has 1 aliphatic rings. The largest absolute Gasteiger partial charge is 0.465 e. The van der Waals surface area contributed by atoms with Gasteiger partial charge in [0.15, 0.2) is 0 Å². The Morgan fingerprint density at radius 2 is 1.71 bits per heavy atom. The number of hydrogen-bond acceptors (Lipinski definition) is 7. The van der Waals surface area contributed by atoms with E-state index in [9.17, 15) is 14.4 Å². The van der Waals surface area contributed by atoms with Crippen LogP contribution in [0.2, 0.25) is 0 Å². The number of esters is 1. The number of carbonyl (C=O) groups excluding carboxylic acids is 3. The van der Waals surface area contributed by atoms with Gasteiger partial charge < -0.3 is 19.9 Å². The Labute approximate surface area is 162 Å². The third kappa shape index (κ3) is 4.43. The first-order valence-electron chi connectivity index (χ1n) is 8.80. The lowest BCUT2D eigenvalue weighted by Gasteiger charge is -2.34. The second-order valence-corrected chi connectivity index (χ2v) is 6.28. The van der Waals surface area contributed by atoms with Crippen LogP contribution in [0.4, 0.5) is 11.5 Å². The van der Waals surface area contributed by atoms with Crippen molar-refractivity contribution in [1.29, 1.82) is 0 Å². The van der Waals surface area contributed by atoms with E-state index >= 15 is 0 Å². The minimum absolute atomic E-state index is 0.0561. The second kappa shape index (κ2) is 8.47. The number of ether oxygens (including phenoxy) is 1. The highest BCUT2D eigenvalue weighted by Gasteiger charge is 2.20. The summed E-state index contributed by atoms with van der Waals surface area (Å²) in [6, 6.07) is 8.00. The molecule has 9 nitrogen and oxygen atoms in total. The minimum atomic E-state index is -0.441. The van der Waals surface area contributed by atoms with Crippen LogP contribution < -0.4 is 10.2 Å². The van der Waals surface area contributed by atoms with Crippen LogP contribution in [-0.2, 0) is 9.53 Å². The van der Waals surface area contributed by atoms with Gasteiger partial charge in [0.1, 0.15) is 17.8 Å². The molecule has 3 rings (SSSR count). The quantitative estimate of drug-likeness (QED) is 0.791. The van der Waals surface area contributed by atoms with Gasteiger partial charge in [-0.2, -0.15) is 0 Å². The first kappa shape index (κ1) is 19.3. The van der Waals surface area contributed by atoms with Gasteiger partial charge in [0.2, 0.25) is 5.91 Å². The predicted octanol–water partition coefficient (Wildman–Crippen LogP) is 1.18. The van der Waals surface area contributed by atoms with E-state index in [1.54, 1.807) is 42.2 Å². The number of hydrogen-bond donors (Lipinski definition) is 1. The first-order chi connectivity index (χ1) is 13.5. The summed E-state index contributed by atoms with van der Waals surface area (Å²) in [5.74, 6) is -0.120. The summed E-state index contributed by atoms with van der Waals surface area (Å²) in [5.41, 5.74) is 1.17. The van der Waals surface area contributed by atoms with Crippen LogP contribution >= 0.6 is 0 Å². The standard InChI is InChI=1S/C19H21N5O4/c1-13(25)23-7-9-24(10-8-23)17-11-16(20-12-21-17)18(26)22-15-5-3-14(4-6-15)19(27)28-2/h3-6,11-12H,7-10H2,1-2H3,(H,22,26). The summed E-state index contributed by atoms with van der Waals surface area (Å²) in [6.45, 7) is 4.08. The SMILES string of the molecule is COC(=O)c1ccc(NC(=O)c2cc(N3CCN(C(C)=O)CC3)ncn2)cc1. The van der Waals surface area contributed by atoms with Gasteiger partial charge in [-0.1, -0.05) is 0 Å². The molecule has 0 saturated carbocycles. The highest BCUT2D eigenvalue weighted by atomic mass is 16.5. The Bertz CT molecular complexity index is 876. The van der Waals surface area contributed by atoms with E-state index < -0.39 is 5.97 Å².